The van der Waals surface area contributed by atoms with Crippen LogP contribution in [0.5, 0.6) is 5.75 Å². The number of ether oxygens (including phenoxy) is 1. The Bertz CT molecular complexity index is 1170. The highest BCUT2D eigenvalue weighted by Gasteiger charge is 2.43. The molecule has 30 heavy (non-hydrogen) atoms. The molecule has 0 saturated carbocycles. The highest BCUT2D eigenvalue weighted by molar-refractivity contribution is 6.29. The number of hydrogen-bond donors (Lipinski definition) is 0. The number of pyridine rings is 1. The Hall–Kier alpha value is -1.61. The number of aromatic nitrogens is 1. The molecule has 0 radical (unpaired) electrons. The maximum absolute atomic E-state index is 15.5. The summed E-state index contributed by atoms with van der Waals surface area (Å²) in [5, 5.41) is -0.390. The number of nitrogens with zero attached hydrogens (tertiary/aromatic N) is 1. The lowest BCUT2D eigenvalue weighted by Crippen LogP contribution is -2.36. The van der Waals surface area contributed by atoms with Crippen LogP contribution in [0.3, 0.4) is 0 Å². The zero-order valence-corrected chi connectivity index (χ0v) is 19.9. The molecule has 0 atom stereocenters. The predicted molar refractivity (Wildman–Crippen MR) is 124 cm³/mol. The van der Waals surface area contributed by atoms with Crippen molar-refractivity contribution in [1.29, 1.82) is 0 Å². The third-order valence-electron chi connectivity index (χ3n) is 6.00. The van der Waals surface area contributed by atoms with Crippen LogP contribution in [0, 0.1) is 18.1 Å². The Morgan fingerprint density at radius 3 is 2.33 bits per heavy atom. The van der Waals surface area contributed by atoms with Crippen molar-refractivity contribution in [2.45, 2.75) is 85.4 Å². The van der Waals surface area contributed by atoms with Crippen LogP contribution in [0.25, 0.3) is 11.1 Å². The number of benzene rings is 1. The van der Waals surface area contributed by atoms with Gasteiger partial charge in [-0.1, -0.05) is 60.1 Å². The monoisotopic (exact) mass is 436 g/mol. The summed E-state index contributed by atoms with van der Waals surface area (Å²) in [5.74, 6) is -0.619. The van der Waals surface area contributed by atoms with Crippen LogP contribution in [0.1, 0.15) is 90.4 Å². The van der Waals surface area contributed by atoms with Gasteiger partial charge in [0, 0.05) is 29.7 Å². The van der Waals surface area contributed by atoms with Gasteiger partial charge in [-0.05, 0) is 65.1 Å². The second-order valence-electron chi connectivity index (χ2n) is 10.5. The van der Waals surface area contributed by atoms with Crippen LogP contribution in [-0.4, -0.2) is 12.1 Å². The fourth-order valence-corrected chi connectivity index (χ4v) is 4.66. The van der Waals surface area contributed by atoms with E-state index < -0.39 is 40.4 Å². The molecule has 0 bridgehead atoms. The van der Waals surface area contributed by atoms with Gasteiger partial charge in [0.1, 0.15) is 5.75 Å². The fourth-order valence-electron chi connectivity index (χ4n) is 4.50. The maximum Gasteiger partial charge on any atom is 0.168 e. The molecule has 0 spiro atoms. The van der Waals surface area contributed by atoms with Crippen LogP contribution < -0.4 is 4.74 Å². The minimum Gasteiger partial charge on any atom is -0.496 e. The quantitative estimate of drug-likeness (QED) is 0.458. The molecule has 0 N–H and O–H groups in total. The number of rotatable bonds is 3. The lowest BCUT2D eigenvalue weighted by molar-refractivity contribution is 0.306. The molecule has 164 valence electrons. The molecule has 2 nitrogen and oxygen atoms in total. The smallest absolute Gasteiger partial charge is 0.168 e. The van der Waals surface area contributed by atoms with Gasteiger partial charge in [-0.15, -0.1) is 0 Å². The second-order valence-corrected chi connectivity index (χ2v) is 10.9. The van der Waals surface area contributed by atoms with E-state index in [1.165, 1.54) is 19.4 Å². The van der Waals surface area contributed by atoms with Gasteiger partial charge in [-0.3, -0.25) is 0 Å². The Labute approximate surface area is 193 Å². The third-order valence-corrected chi connectivity index (χ3v) is 6.27. The van der Waals surface area contributed by atoms with Crippen LogP contribution in [0.2, 0.25) is 5.15 Å². The summed E-state index contributed by atoms with van der Waals surface area (Å²) in [4.78, 5) is 3.80. The maximum atomic E-state index is 15.5. The molecule has 2 aromatic rings. The summed E-state index contributed by atoms with van der Waals surface area (Å²) in [6.45, 7) is 10.6. The molecule has 3 rings (SSSR count). The first kappa shape index (κ1) is 17.0. The Balaban J connectivity index is 2.81. The van der Waals surface area contributed by atoms with Crippen molar-refractivity contribution < 1.29 is 16.0 Å². The van der Waals surface area contributed by atoms with Crippen molar-refractivity contribution >= 4 is 11.6 Å². The lowest BCUT2D eigenvalue weighted by atomic mass is 9.59. The van der Waals surface area contributed by atoms with Gasteiger partial charge in [-0.25, -0.2) is 9.37 Å². The number of hydrogen-bond acceptors (Lipinski definition) is 2. The van der Waals surface area contributed by atoms with E-state index in [4.69, 9.17) is 20.5 Å². The summed E-state index contributed by atoms with van der Waals surface area (Å²) in [6, 6.07) is 1.37. The van der Waals surface area contributed by atoms with E-state index in [0.717, 1.165) is 18.4 Å². The Morgan fingerprint density at radius 1 is 1.20 bits per heavy atom. The van der Waals surface area contributed by atoms with Crippen molar-refractivity contribution in [2.75, 3.05) is 7.11 Å². The van der Waals surface area contributed by atoms with E-state index >= 15 is 4.39 Å². The van der Waals surface area contributed by atoms with Gasteiger partial charge in [0.05, 0.1) is 7.11 Å². The van der Waals surface area contributed by atoms with E-state index in [1.54, 1.807) is 20.8 Å². The van der Waals surface area contributed by atoms with Crippen LogP contribution in [0.15, 0.2) is 12.3 Å². The lowest BCUT2D eigenvalue weighted by Gasteiger charge is -2.45. The highest BCUT2D eigenvalue weighted by Crippen LogP contribution is 2.55. The molecule has 1 aromatic carbocycles. The first-order valence-corrected chi connectivity index (χ1v) is 10.7. The SMILES string of the molecule is [2H]C([2H])([2H])c1c(-c2ccnc(Cl)c2F)c(OC)c2c(c1C([2H])([2H])C(C)(C)C)C(C)(C)CCC2(C)C. The summed E-state index contributed by atoms with van der Waals surface area (Å²) in [5.41, 5.74) is -0.814. The van der Waals surface area contributed by atoms with Crippen molar-refractivity contribution in [3.8, 4) is 16.9 Å². The number of fused-ring (bicyclic) bond motifs is 1. The number of methoxy groups -OCH3 is 1. The first-order valence-electron chi connectivity index (χ1n) is 12.8. The zero-order valence-electron chi connectivity index (χ0n) is 24.2. The average Bonchev–Trinajstić information content (AvgIpc) is 2.70. The van der Waals surface area contributed by atoms with Gasteiger partial charge in [-0.2, -0.15) is 0 Å². The molecule has 4 heteroatoms. The summed E-state index contributed by atoms with van der Waals surface area (Å²) in [6.07, 6.45) is 0.752. The molecular weight excluding hydrogens is 397 g/mol. The van der Waals surface area contributed by atoms with Crippen molar-refractivity contribution in [3.63, 3.8) is 0 Å². The average molecular weight is 437 g/mol. The molecule has 1 heterocycles. The van der Waals surface area contributed by atoms with Gasteiger partial charge < -0.3 is 4.74 Å². The van der Waals surface area contributed by atoms with E-state index in [-0.39, 0.29) is 28.0 Å². The molecule has 0 fully saturated rings. The molecular formula is C26H35ClFNO. The molecule has 0 amide bonds. The largest absolute Gasteiger partial charge is 0.496 e. The molecule has 0 saturated heterocycles. The van der Waals surface area contributed by atoms with Crippen LogP contribution >= 0.6 is 11.6 Å². The predicted octanol–water partition coefficient (Wildman–Crippen LogP) is 7.80. The molecule has 0 unspecified atom stereocenters. The van der Waals surface area contributed by atoms with Gasteiger partial charge >= 0.3 is 0 Å². The van der Waals surface area contributed by atoms with E-state index in [0.29, 0.717) is 5.56 Å². The van der Waals surface area contributed by atoms with E-state index in [1.807, 2.05) is 27.7 Å². The van der Waals surface area contributed by atoms with Gasteiger partial charge in [0.15, 0.2) is 11.0 Å². The standard InChI is InChI=1S/C26H35ClFNO/c1-15-17(14-24(2,3)4)19-20(26(7,8)12-11-25(19,5)6)22(30-9)18(15)16-10-13-29-23(27)21(16)28/h10,13H,11-12,14H2,1-9H3/i1D3,14D2. The van der Waals surface area contributed by atoms with Crippen molar-refractivity contribution in [2.24, 2.45) is 5.41 Å². The van der Waals surface area contributed by atoms with Crippen molar-refractivity contribution in [1.82, 2.24) is 4.98 Å². The van der Waals surface area contributed by atoms with Crippen LogP contribution in [-0.2, 0) is 17.2 Å². The second kappa shape index (κ2) is 7.51. The van der Waals surface area contributed by atoms with E-state index in [2.05, 4.69) is 4.98 Å². The summed E-state index contributed by atoms with van der Waals surface area (Å²) >= 11 is 6.03. The highest BCUT2D eigenvalue weighted by atomic mass is 35.5. The van der Waals surface area contributed by atoms with Gasteiger partial charge in [0.25, 0.3) is 0 Å². The Kier molecular flexibility index (Phi) is 4.26. The van der Waals surface area contributed by atoms with Gasteiger partial charge in [0.2, 0.25) is 0 Å². The number of halogens is 2. The molecule has 1 aromatic heterocycles. The fraction of sp³-hybridized carbons (Fsp3) is 0.577. The topological polar surface area (TPSA) is 22.1 Å². The molecule has 0 aliphatic heterocycles. The molecule has 1 aliphatic rings. The minimum atomic E-state index is -2.77. The van der Waals surface area contributed by atoms with E-state index in [9.17, 15) is 2.74 Å². The summed E-state index contributed by atoms with van der Waals surface area (Å²) in [7, 11) is 1.44. The first-order chi connectivity index (χ1) is 15.7. The normalized spacial score (nSPS) is 20.9. The van der Waals surface area contributed by atoms with Crippen molar-refractivity contribution in [3.05, 3.63) is 45.5 Å². The Morgan fingerprint density at radius 2 is 1.80 bits per heavy atom. The zero-order chi connectivity index (χ0) is 26.9. The minimum absolute atomic E-state index is 0.0157. The summed E-state index contributed by atoms with van der Waals surface area (Å²) < 4.78 is 65.7. The molecule has 1 aliphatic carbocycles. The van der Waals surface area contributed by atoms with Crippen LogP contribution in [0.4, 0.5) is 4.39 Å². The third kappa shape index (κ3) is 3.86.